The number of carbonyl (C=O) groups excluding carboxylic acids is 1. The fraction of sp³-hybridized carbons (Fsp3) is 0.111. The van der Waals surface area contributed by atoms with Crippen LogP contribution in [0.1, 0.15) is 21.7 Å². The highest BCUT2D eigenvalue weighted by Gasteiger charge is 2.12. The van der Waals surface area contributed by atoms with Crippen molar-refractivity contribution in [3.63, 3.8) is 0 Å². The third-order valence-electron chi connectivity index (χ3n) is 3.57. The van der Waals surface area contributed by atoms with E-state index in [0.29, 0.717) is 10.8 Å². The van der Waals surface area contributed by atoms with Crippen molar-refractivity contribution in [1.29, 1.82) is 0 Å². The molecule has 0 aliphatic carbocycles. The molecule has 0 spiro atoms. The lowest BCUT2D eigenvalue weighted by Gasteiger charge is -2.11. The van der Waals surface area contributed by atoms with Crippen LogP contribution in [0.5, 0.6) is 5.75 Å². The Bertz CT molecular complexity index is 978. The van der Waals surface area contributed by atoms with Gasteiger partial charge >= 0.3 is 0 Å². The number of carbonyl (C=O) groups is 1. The van der Waals surface area contributed by atoms with Gasteiger partial charge in [0.05, 0.1) is 5.56 Å². The minimum atomic E-state index is -0.649. The minimum Gasteiger partial charge on any atom is -0.485 e. The molecule has 0 radical (unpaired) electrons. The molecule has 2 aromatic carbocycles. The molecule has 0 fully saturated rings. The van der Waals surface area contributed by atoms with Gasteiger partial charge in [-0.15, -0.1) is 0 Å². The molecule has 0 atom stereocenters. The summed E-state index contributed by atoms with van der Waals surface area (Å²) in [4.78, 5) is 23.9. The van der Waals surface area contributed by atoms with Crippen molar-refractivity contribution in [2.45, 2.75) is 13.5 Å². The Morgan fingerprint density at radius 3 is 2.59 bits per heavy atom. The van der Waals surface area contributed by atoms with Crippen molar-refractivity contribution in [3.8, 4) is 5.75 Å². The van der Waals surface area contributed by atoms with Gasteiger partial charge in [-0.3, -0.25) is 4.79 Å². The zero-order valence-corrected chi connectivity index (χ0v) is 15.2. The zero-order valence-electron chi connectivity index (χ0n) is 14.4. The maximum Gasteiger partial charge on any atom is 0.252 e. The van der Waals surface area contributed by atoms with Crippen LogP contribution in [-0.2, 0) is 6.61 Å². The van der Waals surface area contributed by atoms with E-state index in [1.165, 1.54) is 6.07 Å². The summed E-state index contributed by atoms with van der Waals surface area (Å²) >= 11 is 5.89. The van der Waals surface area contributed by atoms with Gasteiger partial charge in [0.15, 0.2) is 5.82 Å². The molecule has 0 saturated carbocycles. The summed E-state index contributed by atoms with van der Waals surface area (Å²) < 4.78 is 5.62. The van der Waals surface area contributed by atoms with Crippen LogP contribution in [0.15, 0.2) is 42.5 Å². The number of hydrogen-bond donors (Lipinski definition) is 3. The standard InChI is InChI=1S/C18H17ClN6O2/c1-10-2-5-12(6-3-10)22-18-24-15(23-17(21)25-18)9-27-14-7-4-11(19)8-13(14)16(20)26/h2-8H,9H2,1H3,(H2,20,26)(H3,21,22,23,24,25). The van der Waals surface area contributed by atoms with Crippen molar-refractivity contribution in [1.82, 2.24) is 15.0 Å². The molecule has 0 aliphatic heterocycles. The van der Waals surface area contributed by atoms with Gasteiger partial charge in [0.2, 0.25) is 11.9 Å². The second kappa shape index (κ2) is 7.88. The molecule has 1 amide bonds. The van der Waals surface area contributed by atoms with Crippen LogP contribution in [0.2, 0.25) is 5.02 Å². The first-order valence-electron chi connectivity index (χ1n) is 7.97. The largest absolute Gasteiger partial charge is 0.485 e. The summed E-state index contributed by atoms with van der Waals surface area (Å²) in [5.74, 6) is 0.256. The highest BCUT2D eigenvalue weighted by Crippen LogP contribution is 2.23. The van der Waals surface area contributed by atoms with Crippen LogP contribution in [0.4, 0.5) is 17.6 Å². The maximum atomic E-state index is 11.5. The Kier molecular flexibility index (Phi) is 5.37. The van der Waals surface area contributed by atoms with Crippen molar-refractivity contribution in [3.05, 3.63) is 64.4 Å². The molecule has 3 rings (SSSR count). The quantitative estimate of drug-likeness (QED) is 0.595. The Morgan fingerprint density at radius 2 is 1.89 bits per heavy atom. The predicted octanol–water partition coefficient (Wildman–Crippen LogP) is 2.84. The van der Waals surface area contributed by atoms with Crippen LogP contribution < -0.4 is 21.5 Å². The second-order valence-corrected chi connectivity index (χ2v) is 6.15. The van der Waals surface area contributed by atoms with E-state index in [4.69, 9.17) is 27.8 Å². The number of ether oxygens (including phenoxy) is 1. The lowest BCUT2D eigenvalue weighted by atomic mass is 10.2. The highest BCUT2D eigenvalue weighted by atomic mass is 35.5. The van der Waals surface area contributed by atoms with Gasteiger partial charge in [-0.1, -0.05) is 29.3 Å². The number of nitrogens with one attached hydrogen (secondary N) is 1. The number of anilines is 3. The Balaban J connectivity index is 1.77. The van der Waals surface area contributed by atoms with Crippen LogP contribution in [-0.4, -0.2) is 20.9 Å². The average Bonchev–Trinajstić information content (AvgIpc) is 2.62. The van der Waals surface area contributed by atoms with Crippen LogP contribution in [0, 0.1) is 6.92 Å². The minimum absolute atomic E-state index is 0.0305. The molecule has 27 heavy (non-hydrogen) atoms. The number of aryl methyl sites for hydroxylation is 1. The van der Waals surface area contributed by atoms with Crippen LogP contribution in [0.25, 0.3) is 0 Å². The lowest BCUT2D eigenvalue weighted by Crippen LogP contribution is -2.14. The number of rotatable bonds is 6. The highest BCUT2D eigenvalue weighted by molar-refractivity contribution is 6.31. The van der Waals surface area contributed by atoms with E-state index < -0.39 is 5.91 Å². The first-order valence-corrected chi connectivity index (χ1v) is 8.35. The molecule has 0 aliphatic rings. The van der Waals surface area contributed by atoms with Gasteiger partial charge in [0.25, 0.3) is 5.91 Å². The van der Waals surface area contributed by atoms with Crippen molar-refractivity contribution < 1.29 is 9.53 Å². The van der Waals surface area contributed by atoms with E-state index in [9.17, 15) is 4.79 Å². The SMILES string of the molecule is Cc1ccc(Nc2nc(N)nc(COc3ccc(Cl)cc3C(N)=O)n2)cc1. The zero-order chi connectivity index (χ0) is 19.4. The summed E-state index contributed by atoms with van der Waals surface area (Å²) in [6, 6.07) is 12.3. The Labute approximate surface area is 160 Å². The Morgan fingerprint density at radius 1 is 1.15 bits per heavy atom. The van der Waals surface area contributed by atoms with Crippen molar-refractivity contribution >= 4 is 35.1 Å². The summed E-state index contributed by atoms with van der Waals surface area (Å²) in [5.41, 5.74) is 13.2. The van der Waals surface area contributed by atoms with Crippen molar-refractivity contribution in [2.24, 2.45) is 5.73 Å². The number of amides is 1. The number of aromatic nitrogens is 3. The van der Waals surface area contributed by atoms with Gasteiger partial charge in [-0.25, -0.2) is 0 Å². The fourth-order valence-corrected chi connectivity index (χ4v) is 2.46. The predicted molar refractivity (Wildman–Crippen MR) is 103 cm³/mol. The van der Waals surface area contributed by atoms with Crippen LogP contribution >= 0.6 is 11.6 Å². The molecular formula is C18H17ClN6O2. The Hall–Kier alpha value is -3.39. The number of halogens is 1. The first-order chi connectivity index (χ1) is 12.9. The van der Waals surface area contributed by atoms with E-state index in [0.717, 1.165) is 11.3 Å². The molecule has 0 unspecified atom stereocenters. The van der Waals surface area contributed by atoms with E-state index >= 15 is 0 Å². The number of nitrogens with two attached hydrogens (primary N) is 2. The van der Waals surface area contributed by atoms with E-state index in [-0.39, 0.29) is 29.8 Å². The molecule has 0 bridgehead atoms. The van der Waals surface area contributed by atoms with Crippen molar-refractivity contribution in [2.75, 3.05) is 11.1 Å². The van der Waals surface area contributed by atoms with Crippen LogP contribution in [0.3, 0.4) is 0 Å². The summed E-state index contributed by atoms with van der Waals surface area (Å²) in [7, 11) is 0. The average molecular weight is 385 g/mol. The molecule has 138 valence electrons. The van der Waals surface area contributed by atoms with Gasteiger partial charge in [-0.2, -0.15) is 15.0 Å². The van der Waals surface area contributed by atoms with Gasteiger partial charge < -0.3 is 21.5 Å². The lowest BCUT2D eigenvalue weighted by molar-refractivity contribution is 0.0995. The van der Waals surface area contributed by atoms with E-state index in [2.05, 4.69) is 20.3 Å². The molecule has 1 heterocycles. The van der Waals surface area contributed by atoms with Gasteiger partial charge in [0, 0.05) is 10.7 Å². The number of hydrogen-bond acceptors (Lipinski definition) is 7. The van der Waals surface area contributed by atoms with Gasteiger partial charge in [-0.05, 0) is 37.3 Å². The number of nitrogens with zero attached hydrogens (tertiary/aromatic N) is 3. The number of nitrogen functional groups attached to an aromatic ring is 1. The third-order valence-corrected chi connectivity index (χ3v) is 3.81. The maximum absolute atomic E-state index is 11.5. The monoisotopic (exact) mass is 384 g/mol. The third kappa shape index (κ3) is 4.83. The number of benzene rings is 2. The molecular weight excluding hydrogens is 368 g/mol. The fourth-order valence-electron chi connectivity index (χ4n) is 2.29. The van der Waals surface area contributed by atoms with E-state index in [1.807, 2.05) is 31.2 Å². The molecule has 1 aromatic heterocycles. The summed E-state index contributed by atoms with van der Waals surface area (Å²) in [5, 5.41) is 3.44. The van der Waals surface area contributed by atoms with Gasteiger partial charge in [0.1, 0.15) is 12.4 Å². The smallest absolute Gasteiger partial charge is 0.252 e. The molecule has 8 nitrogen and oxygen atoms in total. The van der Waals surface area contributed by atoms with E-state index in [1.54, 1.807) is 12.1 Å². The molecule has 3 aromatic rings. The normalized spacial score (nSPS) is 10.4. The second-order valence-electron chi connectivity index (χ2n) is 5.72. The molecule has 5 N–H and O–H groups in total. The topological polar surface area (TPSA) is 129 Å². The summed E-state index contributed by atoms with van der Waals surface area (Å²) in [6.45, 7) is 1.97. The molecule has 9 heteroatoms. The first kappa shape index (κ1) is 18.4. The molecule has 0 saturated heterocycles. The number of primary amides is 1. The summed E-state index contributed by atoms with van der Waals surface area (Å²) in [6.07, 6.45) is 0.